The van der Waals surface area contributed by atoms with Crippen molar-refractivity contribution in [2.45, 2.75) is 424 Å². The molecule has 0 rings (SSSR count). The first-order chi connectivity index (χ1) is 39.5. The van der Waals surface area contributed by atoms with Gasteiger partial charge >= 0.3 is 5.97 Å². The lowest BCUT2D eigenvalue weighted by atomic mass is 10.0. The monoisotopic (exact) mass is 1130 g/mol. The van der Waals surface area contributed by atoms with Crippen molar-refractivity contribution in [2.24, 2.45) is 0 Å². The van der Waals surface area contributed by atoms with E-state index in [0.717, 1.165) is 44.9 Å². The Morgan fingerprint density at radius 2 is 0.588 bits per heavy atom. The van der Waals surface area contributed by atoms with Crippen LogP contribution in [-0.4, -0.2) is 47.4 Å². The molecule has 6 nitrogen and oxygen atoms in total. The predicted octanol–water partition coefficient (Wildman–Crippen LogP) is 23.7. The van der Waals surface area contributed by atoms with Crippen molar-refractivity contribution >= 4 is 11.9 Å². The number of ether oxygens (including phenoxy) is 1. The summed E-state index contributed by atoms with van der Waals surface area (Å²) in [6, 6.07) is -0.545. The lowest BCUT2D eigenvalue weighted by molar-refractivity contribution is -0.143. The summed E-state index contributed by atoms with van der Waals surface area (Å²) >= 11 is 0. The third kappa shape index (κ3) is 65.5. The molecule has 474 valence electrons. The Hall–Kier alpha value is -1.66. The van der Waals surface area contributed by atoms with Gasteiger partial charge in [-0.25, -0.2) is 0 Å². The largest absolute Gasteiger partial charge is 0.466 e. The number of unbranched alkanes of at least 4 members (excludes halogenated alkanes) is 54. The molecular formula is C74H143NO5. The Balaban J connectivity index is 3.39. The van der Waals surface area contributed by atoms with Gasteiger partial charge in [0.15, 0.2) is 0 Å². The SMILES string of the molecule is CCCCCCCCC/C=C\CCCCCCCC(=O)OCCCCCCCCCCCCCC/C=C\CCCCCCCCCCCC(=O)NC(CO)C(O)CCCCCCCCCCCCCCCCCCCCCCCC. The van der Waals surface area contributed by atoms with Gasteiger partial charge in [0.1, 0.15) is 0 Å². The van der Waals surface area contributed by atoms with Gasteiger partial charge in [0.25, 0.3) is 0 Å². The zero-order valence-electron chi connectivity index (χ0n) is 54.3. The Morgan fingerprint density at radius 3 is 0.887 bits per heavy atom. The first-order valence-corrected chi connectivity index (χ1v) is 36.6. The van der Waals surface area contributed by atoms with Gasteiger partial charge in [0.2, 0.25) is 5.91 Å². The molecule has 0 fully saturated rings. The van der Waals surface area contributed by atoms with E-state index >= 15 is 0 Å². The predicted molar refractivity (Wildman–Crippen MR) is 352 cm³/mol. The van der Waals surface area contributed by atoms with E-state index in [0.29, 0.717) is 25.9 Å². The fourth-order valence-electron chi connectivity index (χ4n) is 11.6. The van der Waals surface area contributed by atoms with Gasteiger partial charge < -0.3 is 20.3 Å². The van der Waals surface area contributed by atoms with Crippen LogP contribution >= 0.6 is 0 Å². The number of hydrogen-bond acceptors (Lipinski definition) is 5. The molecule has 0 aromatic heterocycles. The standard InChI is InChI=1S/C74H143NO5/c1-3-5-7-9-11-13-15-17-19-21-22-23-29-32-35-38-42-46-50-54-58-62-66-72(77)71(70-76)75-73(78)67-63-59-55-51-47-43-39-36-33-30-27-25-24-26-28-31-34-37-41-45-49-53-57-61-65-69-80-74(79)68-64-60-56-52-48-44-40-20-18-16-14-12-10-8-6-4-2/h20,25,27,40,71-72,76-77H,3-19,21-24,26,28-39,41-70H2,1-2H3,(H,75,78)/b27-25-,40-20-. The van der Waals surface area contributed by atoms with Crippen LogP contribution in [0.25, 0.3) is 0 Å². The first-order valence-electron chi connectivity index (χ1n) is 36.6. The van der Waals surface area contributed by atoms with Crippen LogP contribution in [0.4, 0.5) is 0 Å². The van der Waals surface area contributed by atoms with Crippen LogP contribution in [0.1, 0.15) is 412 Å². The van der Waals surface area contributed by atoms with E-state index in [1.165, 1.54) is 334 Å². The lowest BCUT2D eigenvalue weighted by Gasteiger charge is -2.22. The zero-order chi connectivity index (χ0) is 57.8. The van der Waals surface area contributed by atoms with Crippen molar-refractivity contribution in [3.05, 3.63) is 24.3 Å². The van der Waals surface area contributed by atoms with Crippen LogP contribution < -0.4 is 5.32 Å². The molecule has 0 saturated carbocycles. The van der Waals surface area contributed by atoms with Crippen LogP contribution in [0.5, 0.6) is 0 Å². The van der Waals surface area contributed by atoms with E-state index < -0.39 is 12.1 Å². The molecule has 0 saturated heterocycles. The average molecular weight is 1130 g/mol. The Labute approximate surface area is 501 Å². The molecule has 2 unspecified atom stereocenters. The highest BCUT2D eigenvalue weighted by Gasteiger charge is 2.20. The van der Waals surface area contributed by atoms with E-state index in [9.17, 15) is 19.8 Å². The summed E-state index contributed by atoms with van der Waals surface area (Å²) in [5, 5.41) is 23.4. The fourth-order valence-corrected chi connectivity index (χ4v) is 11.6. The highest BCUT2D eigenvalue weighted by molar-refractivity contribution is 5.76. The number of hydrogen-bond donors (Lipinski definition) is 3. The quantitative estimate of drug-likeness (QED) is 0.0320. The number of allylic oxidation sites excluding steroid dienone is 4. The molecule has 0 aromatic rings. The second-order valence-electron chi connectivity index (χ2n) is 25.3. The van der Waals surface area contributed by atoms with Gasteiger partial charge in [-0.1, -0.05) is 346 Å². The van der Waals surface area contributed by atoms with Crippen LogP contribution in [0, 0.1) is 0 Å². The Bertz CT molecular complexity index is 1250. The van der Waals surface area contributed by atoms with Gasteiger partial charge in [-0.2, -0.15) is 0 Å². The maximum atomic E-state index is 12.6. The second kappa shape index (κ2) is 69.8. The minimum atomic E-state index is -0.668. The minimum Gasteiger partial charge on any atom is -0.466 e. The molecular weight excluding hydrogens is 983 g/mol. The summed E-state index contributed by atoms with van der Waals surface area (Å²) in [5.41, 5.74) is 0. The molecule has 0 aliphatic rings. The van der Waals surface area contributed by atoms with Gasteiger partial charge in [-0.15, -0.1) is 0 Å². The summed E-state index contributed by atoms with van der Waals surface area (Å²) in [5.74, 6) is -0.0264. The van der Waals surface area contributed by atoms with Crippen molar-refractivity contribution in [1.29, 1.82) is 0 Å². The van der Waals surface area contributed by atoms with Crippen LogP contribution in [0.2, 0.25) is 0 Å². The summed E-state index contributed by atoms with van der Waals surface area (Å²) in [6.45, 7) is 4.99. The molecule has 0 aliphatic carbocycles. The van der Waals surface area contributed by atoms with Crippen LogP contribution in [0.3, 0.4) is 0 Å². The average Bonchev–Trinajstić information content (AvgIpc) is 3.46. The molecule has 0 bridgehead atoms. The Morgan fingerprint density at radius 1 is 0.338 bits per heavy atom. The molecule has 0 aliphatic heterocycles. The highest BCUT2D eigenvalue weighted by atomic mass is 16.5. The van der Waals surface area contributed by atoms with E-state index in [-0.39, 0.29) is 18.5 Å². The maximum absolute atomic E-state index is 12.6. The summed E-state index contributed by atoms with van der Waals surface area (Å²) in [6.07, 6.45) is 88.0. The van der Waals surface area contributed by atoms with E-state index in [1.807, 2.05) is 0 Å². The Kier molecular flexibility index (Phi) is 68.4. The van der Waals surface area contributed by atoms with Crippen molar-refractivity contribution in [3.8, 4) is 0 Å². The smallest absolute Gasteiger partial charge is 0.305 e. The van der Waals surface area contributed by atoms with Crippen LogP contribution in [0.15, 0.2) is 24.3 Å². The van der Waals surface area contributed by atoms with Crippen LogP contribution in [-0.2, 0) is 14.3 Å². The number of rotatable bonds is 69. The number of carbonyl (C=O) groups excluding carboxylic acids is 2. The lowest BCUT2D eigenvalue weighted by Crippen LogP contribution is -2.45. The summed E-state index contributed by atoms with van der Waals surface area (Å²) in [7, 11) is 0. The highest BCUT2D eigenvalue weighted by Crippen LogP contribution is 2.19. The normalized spacial score (nSPS) is 12.6. The second-order valence-corrected chi connectivity index (χ2v) is 25.3. The van der Waals surface area contributed by atoms with Crippen molar-refractivity contribution in [3.63, 3.8) is 0 Å². The zero-order valence-corrected chi connectivity index (χ0v) is 54.3. The number of amides is 1. The third-order valence-corrected chi connectivity index (χ3v) is 17.2. The van der Waals surface area contributed by atoms with Gasteiger partial charge in [-0.05, 0) is 77.0 Å². The molecule has 3 N–H and O–H groups in total. The minimum absolute atomic E-state index is 0.00708. The maximum Gasteiger partial charge on any atom is 0.305 e. The third-order valence-electron chi connectivity index (χ3n) is 17.2. The van der Waals surface area contributed by atoms with Gasteiger partial charge in [-0.3, -0.25) is 9.59 Å². The summed E-state index contributed by atoms with van der Waals surface area (Å²) < 4.78 is 5.49. The topological polar surface area (TPSA) is 95.9 Å². The van der Waals surface area contributed by atoms with Gasteiger partial charge in [0.05, 0.1) is 25.4 Å². The van der Waals surface area contributed by atoms with Crippen molar-refractivity contribution < 1.29 is 24.5 Å². The van der Waals surface area contributed by atoms with Crippen molar-refractivity contribution in [2.75, 3.05) is 13.2 Å². The van der Waals surface area contributed by atoms with E-state index in [1.54, 1.807) is 0 Å². The molecule has 0 radical (unpaired) electrons. The van der Waals surface area contributed by atoms with E-state index in [2.05, 4.69) is 43.5 Å². The first kappa shape index (κ1) is 78.3. The number of aliphatic hydroxyl groups is 2. The molecule has 6 heteroatoms. The van der Waals surface area contributed by atoms with Crippen molar-refractivity contribution in [1.82, 2.24) is 5.32 Å². The molecule has 1 amide bonds. The molecule has 2 atom stereocenters. The van der Waals surface area contributed by atoms with E-state index in [4.69, 9.17) is 4.74 Å². The molecule has 0 spiro atoms. The number of nitrogens with one attached hydrogen (secondary N) is 1. The van der Waals surface area contributed by atoms with Gasteiger partial charge in [0, 0.05) is 12.8 Å². The summed E-state index contributed by atoms with van der Waals surface area (Å²) in [4.78, 5) is 24.6. The number of carbonyl (C=O) groups is 2. The molecule has 0 aromatic carbocycles. The fraction of sp³-hybridized carbons (Fsp3) is 0.919. The number of esters is 1. The molecule has 0 heterocycles. The molecule has 80 heavy (non-hydrogen) atoms. The number of aliphatic hydroxyl groups excluding tert-OH is 2.